The maximum absolute atomic E-state index is 11.9. The summed E-state index contributed by atoms with van der Waals surface area (Å²) in [5, 5.41) is 0. The zero-order valence-electron chi connectivity index (χ0n) is 12.4. The fourth-order valence-corrected chi connectivity index (χ4v) is 3.31. The molecular formula is C16H28O3. The van der Waals surface area contributed by atoms with Crippen LogP contribution >= 0.6 is 0 Å². The smallest absolute Gasteiger partial charge is 0.306 e. The Kier molecular flexibility index (Phi) is 5.68. The Morgan fingerprint density at radius 1 is 1.21 bits per heavy atom. The third-order valence-electron chi connectivity index (χ3n) is 4.44. The summed E-state index contributed by atoms with van der Waals surface area (Å²) in [6.45, 7) is 4.97. The van der Waals surface area contributed by atoms with E-state index in [1.807, 2.05) is 0 Å². The Morgan fingerprint density at radius 2 is 1.95 bits per heavy atom. The molecule has 3 atom stereocenters. The molecule has 3 nitrogen and oxygen atoms in total. The van der Waals surface area contributed by atoms with Crippen molar-refractivity contribution in [2.75, 3.05) is 6.61 Å². The van der Waals surface area contributed by atoms with E-state index in [2.05, 4.69) is 13.8 Å². The molecule has 110 valence electrons. The minimum Gasteiger partial charge on any atom is -0.465 e. The molecule has 2 aliphatic rings. The molecule has 0 aromatic heterocycles. The van der Waals surface area contributed by atoms with Crippen molar-refractivity contribution in [3.8, 4) is 0 Å². The molecule has 3 heteroatoms. The number of epoxide rings is 1. The number of fused-ring (bicyclic) bond motifs is 1. The average Bonchev–Trinajstić information content (AvgIpc) is 3.15. The van der Waals surface area contributed by atoms with Crippen LogP contribution in [0.15, 0.2) is 0 Å². The SMILES string of the molecule is CCCC(CCC)CC(=O)OCC1CCC2OC2C1. The second-order valence-corrected chi connectivity index (χ2v) is 6.22. The maximum atomic E-state index is 11.9. The van der Waals surface area contributed by atoms with Gasteiger partial charge in [-0.05, 0) is 31.1 Å². The second kappa shape index (κ2) is 7.28. The monoisotopic (exact) mass is 268 g/mol. The van der Waals surface area contributed by atoms with Crippen molar-refractivity contribution in [2.24, 2.45) is 11.8 Å². The van der Waals surface area contributed by atoms with Crippen LogP contribution in [0.2, 0.25) is 0 Å². The first-order valence-electron chi connectivity index (χ1n) is 8.04. The zero-order valence-corrected chi connectivity index (χ0v) is 12.4. The minimum atomic E-state index is 0.00531. The fourth-order valence-electron chi connectivity index (χ4n) is 3.31. The van der Waals surface area contributed by atoms with E-state index in [0.717, 1.165) is 44.9 Å². The highest BCUT2D eigenvalue weighted by atomic mass is 16.6. The van der Waals surface area contributed by atoms with Gasteiger partial charge in [-0.25, -0.2) is 0 Å². The number of carbonyl (C=O) groups excluding carboxylic acids is 1. The number of rotatable bonds is 8. The van der Waals surface area contributed by atoms with Crippen LogP contribution in [0.3, 0.4) is 0 Å². The van der Waals surface area contributed by atoms with Gasteiger partial charge >= 0.3 is 5.97 Å². The summed E-state index contributed by atoms with van der Waals surface area (Å²) in [7, 11) is 0. The van der Waals surface area contributed by atoms with Gasteiger partial charge < -0.3 is 9.47 Å². The summed E-state index contributed by atoms with van der Waals surface area (Å²) in [6.07, 6.45) is 9.61. The molecule has 1 heterocycles. The molecule has 1 saturated heterocycles. The average molecular weight is 268 g/mol. The normalized spacial score (nSPS) is 29.1. The van der Waals surface area contributed by atoms with Crippen LogP contribution in [0.1, 0.15) is 65.2 Å². The first-order chi connectivity index (χ1) is 9.22. The number of esters is 1. The molecule has 1 aliphatic heterocycles. The summed E-state index contributed by atoms with van der Waals surface area (Å²) in [5.41, 5.74) is 0. The van der Waals surface area contributed by atoms with Gasteiger partial charge in [0.25, 0.3) is 0 Å². The first-order valence-corrected chi connectivity index (χ1v) is 8.04. The molecular weight excluding hydrogens is 240 g/mol. The molecule has 19 heavy (non-hydrogen) atoms. The van der Waals surface area contributed by atoms with Gasteiger partial charge in [0.1, 0.15) is 0 Å². The Bertz CT molecular complexity index is 284. The van der Waals surface area contributed by atoms with Crippen LogP contribution in [-0.4, -0.2) is 24.8 Å². The zero-order chi connectivity index (χ0) is 13.7. The number of ether oxygens (including phenoxy) is 2. The highest BCUT2D eigenvalue weighted by Crippen LogP contribution is 2.39. The van der Waals surface area contributed by atoms with Crippen molar-refractivity contribution in [1.29, 1.82) is 0 Å². The minimum absolute atomic E-state index is 0.00531. The summed E-state index contributed by atoms with van der Waals surface area (Å²) in [4.78, 5) is 11.9. The molecule has 2 rings (SSSR count). The summed E-state index contributed by atoms with van der Waals surface area (Å²) in [5.74, 6) is 1.05. The largest absolute Gasteiger partial charge is 0.465 e. The van der Waals surface area contributed by atoms with Gasteiger partial charge in [0, 0.05) is 6.42 Å². The number of hydrogen-bond acceptors (Lipinski definition) is 3. The maximum Gasteiger partial charge on any atom is 0.306 e. The van der Waals surface area contributed by atoms with E-state index in [4.69, 9.17) is 9.47 Å². The number of hydrogen-bond donors (Lipinski definition) is 0. The van der Waals surface area contributed by atoms with Crippen molar-refractivity contribution in [1.82, 2.24) is 0 Å². The van der Waals surface area contributed by atoms with Crippen LogP contribution in [0.25, 0.3) is 0 Å². The van der Waals surface area contributed by atoms with E-state index in [-0.39, 0.29) is 5.97 Å². The lowest BCUT2D eigenvalue weighted by Gasteiger charge is -2.20. The van der Waals surface area contributed by atoms with Crippen LogP contribution in [0.5, 0.6) is 0 Å². The Labute approximate surface area is 117 Å². The predicted octanol–water partition coefficient (Wildman–Crippen LogP) is 3.70. The quantitative estimate of drug-likeness (QED) is 0.497. The third-order valence-corrected chi connectivity index (χ3v) is 4.44. The molecule has 3 unspecified atom stereocenters. The van der Waals surface area contributed by atoms with E-state index in [1.54, 1.807) is 0 Å². The van der Waals surface area contributed by atoms with E-state index >= 15 is 0 Å². The molecule has 0 aromatic carbocycles. The number of carbonyl (C=O) groups is 1. The lowest BCUT2D eigenvalue weighted by atomic mass is 9.90. The summed E-state index contributed by atoms with van der Waals surface area (Å²) in [6, 6.07) is 0. The van der Waals surface area contributed by atoms with Crippen LogP contribution < -0.4 is 0 Å². The van der Waals surface area contributed by atoms with E-state index in [1.165, 1.54) is 0 Å². The Hall–Kier alpha value is -0.570. The van der Waals surface area contributed by atoms with Gasteiger partial charge in [-0.1, -0.05) is 39.5 Å². The Balaban J connectivity index is 1.62. The summed E-state index contributed by atoms with van der Waals surface area (Å²) >= 11 is 0. The summed E-state index contributed by atoms with van der Waals surface area (Å²) < 4.78 is 11.0. The fraction of sp³-hybridized carbons (Fsp3) is 0.938. The topological polar surface area (TPSA) is 38.8 Å². The van der Waals surface area contributed by atoms with Crippen LogP contribution in [-0.2, 0) is 14.3 Å². The van der Waals surface area contributed by atoms with Crippen LogP contribution in [0.4, 0.5) is 0 Å². The lowest BCUT2D eigenvalue weighted by Crippen LogP contribution is -2.21. The first kappa shape index (κ1) is 14.8. The molecule has 0 radical (unpaired) electrons. The van der Waals surface area contributed by atoms with Crippen molar-refractivity contribution >= 4 is 5.97 Å². The van der Waals surface area contributed by atoms with E-state index in [0.29, 0.717) is 37.1 Å². The molecule has 1 aliphatic carbocycles. The standard InChI is InChI=1S/C16H28O3/c1-3-5-12(6-4-2)10-16(17)18-11-13-7-8-14-15(9-13)19-14/h12-15H,3-11H2,1-2H3. The molecule has 0 bridgehead atoms. The Morgan fingerprint density at radius 3 is 2.58 bits per heavy atom. The van der Waals surface area contributed by atoms with Gasteiger partial charge in [0.05, 0.1) is 18.8 Å². The molecule has 1 saturated carbocycles. The second-order valence-electron chi connectivity index (χ2n) is 6.22. The van der Waals surface area contributed by atoms with Gasteiger partial charge in [-0.2, -0.15) is 0 Å². The lowest BCUT2D eigenvalue weighted by molar-refractivity contribution is -0.146. The van der Waals surface area contributed by atoms with Gasteiger partial charge in [0.15, 0.2) is 0 Å². The van der Waals surface area contributed by atoms with Gasteiger partial charge in [0.2, 0.25) is 0 Å². The molecule has 0 spiro atoms. The van der Waals surface area contributed by atoms with Crippen molar-refractivity contribution in [2.45, 2.75) is 77.4 Å². The van der Waals surface area contributed by atoms with Crippen molar-refractivity contribution in [3.05, 3.63) is 0 Å². The van der Waals surface area contributed by atoms with E-state index < -0.39 is 0 Å². The van der Waals surface area contributed by atoms with Crippen LogP contribution in [0, 0.1) is 11.8 Å². The molecule has 0 amide bonds. The molecule has 0 N–H and O–H groups in total. The highest BCUT2D eigenvalue weighted by molar-refractivity contribution is 5.69. The predicted molar refractivity (Wildman–Crippen MR) is 74.9 cm³/mol. The van der Waals surface area contributed by atoms with Gasteiger partial charge in [-0.3, -0.25) is 4.79 Å². The van der Waals surface area contributed by atoms with Crippen molar-refractivity contribution in [3.63, 3.8) is 0 Å². The third kappa shape index (κ3) is 4.79. The van der Waals surface area contributed by atoms with Crippen molar-refractivity contribution < 1.29 is 14.3 Å². The van der Waals surface area contributed by atoms with E-state index in [9.17, 15) is 4.79 Å². The highest BCUT2D eigenvalue weighted by Gasteiger charge is 2.43. The molecule has 2 fully saturated rings. The van der Waals surface area contributed by atoms with Gasteiger partial charge in [-0.15, -0.1) is 0 Å². The molecule has 0 aromatic rings.